The molecule has 0 spiro atoms. The number of ether oxygens (including phenoxy) is 2. The minimum Gasteiger partial charge on any atom is -0.480 e. The van der Waals surface area contributed by atoms with Gasteiger partial charge in [-0.25, -0.2) is 24.3 Å². The van der Waals surface area contributed by atoms with E-state index in [9.17, 15) is 14.3 Å². The molecule has 2 aliphatic rings. The molecule has 3 aromatic rings. The summed E-state index contributed by atoms with van der Waals surface area (Å²) in [5.74, 6) is 0.291. The number of hydrogen-bond donors (Lipinski definition) is 4. The van der Waals surface area contributed by atoms with Crippen molar-refractivity contribution in [3.05, 3.63) is 41.6 Å². The van der Waals surface area contributed by atoms with Crippen molar-refractivity contribution in [1.29, 1.82) is 0 Å². The number of amides is 1. The molecule has 3 heterocycles. The number of hydrogen-bond acceptors (Lipinski definition) is 10. The predicted molar refractivity (Wildman–Crippen MR) is 123 cm³/mol. The third kappa shape index (κ3) is 5.14. The van der Waals surface area contributed by atoms with Gasteiger partial charge in [0, 0.05) is 30.7 Å². The van der Waals surface area contributed by atoms with Crippen LogP contribution in [-0.4, -0.2) is 62.9 Å². The zero-order valence-corrected chi connectivity index (χ0v) is 19.1. The maximum absolute atomic E-state index is 14.6. The van der Waals surface area contributed by atoms with Crippen molar-refractivity contribution in [3.8, 4) is 11.8 Å². The van der Waals surface area contributed by atoms with E-state index in [2.05, 4.69) is 35.9 Å². The zero-order valence-electron chi connectivity index (χ0n) is 19.1. The first-order valence-electron chi connectivity index (χ1n) is 11.4. The highest BCUT2D eigenvalue weighted by atomic mass is 19.1. The van der Waals surface area contributed by atoms with E-state index in [0.29, 0.717) is 59.3 Å². The molecule has 1 aromatic carbocycles. The van der Waals surface area contributed by atoms with Gasteiger partial charge < -0.3 is 30.5 Å². The Morgan fingerprint density at radius 2 is 2.09 bits per heavy atom. The molecule has 2 aromatic heterocycles. The van der Waals surface area contributed by atoms with E-state index in [1.807, 2.05) is 0 Å². The highest BCUT2D eigenvalue weighted by molar-refractivity contribution is 5.93. The van der Waals surface area contributed by atoms with E-state index in [4.69, 9.17) is 9.47 Å². The molecule has 12 heteroatoms. The molecule has 0 saturated heterocycles. The number of fused-ring (bicyclic) bond motifs is 2. The second-order valence-electron chi connectivity index (χ2n) is 8.60. The summed E-state index contributed by atoms with van der Waals surface area (Å²) in [5.41, 5.74) is 2.07. The average Bonchev–Trinajstić information content (AvgIpc) is 2.87. The predicted octanol–water partition coefficient (Wildman–Crippen LogP) is 1.06. The Labute approximate surface area is 200 Å². The monoisotopic (exact) mass is 483 g/mol. The summed E-state index contributed by atoms with van der Waals surface area (Å²) in [5, 5.41) is 20.1. The summed E-state index contributed by atoms with van der Waals surface area (Å²) < 4.78 is 25.0. The standard InChI is InChI=1S/C23H26FN7O4/c1-34-20-10-27-17-5-3-15(24)14(21(17)31-20)9-26-16-4-2-12(6-18(16)32)25-7-13-8-28-23-22(29-13)30-19(33)11-35-23/h3,5,8,10,12,16,18,25-26,32H,2,4,6-7,9,11H2,1H3,(H,29,30,33)/t12?,16-,18+/m1/s1. The van der Waals surface area contributed by atoms with Crippen LogP contribution in [0.4, 0.5) is 10.2 Å². The smallest absolute Gasteiger partial charge is 0.263 e. The molecule has 1 unspecified atom stereocenters. The van der Waals surface area contributed by atoms with Gasteiger partial charge in [0.05, 0.1) is 36.8 Å². The van der Waals surface area contributed by atoms with Crippen LogP contribution in [0.3, 0.4) is 0 Å². The van der Waals surface area contributed by atoms with E-state index in [-0.39, 0.29) is 37.0 Å². The highest BCUT2D eigenvalue weighted by Gasteiger charge is 2.29. The molecule has 3 atom stereocenters. The van der Waals surface area contributed by atoms with Crippen LogP contribution in [-0.2, 0) is 17.9 Å². The van der Waals surface area contributed by atoms with Gasteiger partial charge in [0.25, 0.3) is 11.8 Å². The maximum Gasteiger partial charge on any atom is 0.263 e. The molecule has 1 aliphatic carbocycles. The first-order valence-corrected chi connectivity index (χ1v) is 11.4. The second kappa shape index (κ2) is 10.0. The Morgan fingerprint density at radius 3 is 2.91 bits per heavy atom. The molecule has 1 aliphatic heterocycles. The number of anilines is 1. The van der Waals surface area contributed by atoms with Gasteiger partial charge in [-0.2, -0.15) is 0 Å². The Balaban J connectivity index is 1.16. The van der Waals surface area contributed by atoms with Crippen LogP contribution in [0, 0.1) is 5.82 Å². The lowest BCUT2D eigenvalue weighted by molar-refractivity contribution is -0.118. The van der Waals surface area contributed by atoms with Gasteiger partial charge in [0.2, 0.25) is 5.88 Å². The summed E-state index contributed by atoms with van der Waals surface area (Å²) in [6.45, 7) is 0.583. The van der Waals surface area contributed by atoms with Crippen molar-refractivity contribution in [3.63, 3.8) is 0 Å². The number of carbonyl (C=O) groups excluding carboxylic acids is 1. The van der Waals surface area contributed by atoms with E-state index in [1.165, 1.54) is 19.4 Å². The number of rotatable bonds is 7. The Bertz CT molecular complexity index is 1240. The third-order valence-corrected chi connectivity index (χ3v) is 6.27. The molecule has 1 fully saturated rings. The first-order chi connectivity index (χ1) is 17.0. The number of halogens is 1. The van der Waals surface area contributed by atoms with Crippen molar-refractivity contribution in [2.75, 3.05) is 19.0 Å². The Kier molecular flexibility index (Phi) is 6.66. The molecule has 4 N–H and O–H groups in total. The lowest BCUT2D eigenvalue weighted by Gasteiger charge is -2.34. The second-order valence-corrected chi connectivity index (χ2v) is 8.60. The molecule has 1 saturated carbocycles. The van der Waals surface area contributed by atoms with Crippen LogP contribution < -0.4 is 25.4 Å². The Hall–Kier alpha value is -3.48. The number of aliphatic hydroxyl groups excluding tert-OH is 1. The highest BCUT2D eigenvalue weighted by Crippen LogP contribution is 2.25. The topological polar surface area (TPSA) is 143 Å². The molecule has 0 bridgehead atoms. The van der Waals surface area contributed by atoms with Crippen molar-refractivity contribution >= 4 is 22.8 Å². The fraction of sp³-hybridized carbons (Fsp3) is 0.435. The summed E-state index contributed by atoms with van der Waals surface area (Å²) in [6, 6.07) is 2.85. The summed E-state index contributed by atoms with van der Waals surface area (Å²) in [4.78, 5) is 28.7. The average molecular weight is 484 g/mol. The minimum atomic E-state index is -0.609. The van der Waals surface area contributed by atoms with E-state index in [0.717, 1.165) is 6.42 Å². The zero-order chi connectivity index (χ0) is 24.4. The Morgan fingerprint density at radius 1 is 1.20 bits per heavy atom. The fourth-order valence-corrected chi connectivity index (χ4v) is 4.40. The molecular formula is C23H26FN7O4. The van der Waals surface area contributed by atoms with Crippen LogP contribution in [0.5, 0.6) is 11.8 Å². The van der Waals surface area contributed by atoms with Gasteiger partial charge in [-0.05, 0) is 31.4 Å². The number of aliphatic hydroxyl groups is 1. The molecule has 11 nitrogen and oxygen atoms in total. The van der Waals surface area contributed by atoms with E-state index >= 15 is 0 Å². The van der Waals surface area contributed by atoms with Crippen molar-refractivity contribution in [2.45, 2.75) is 50.5 Å². The van der Waals surface area contributed by atoms with Crippen LogP contribution in [0.25, 0.3) is 11.0 Å². The van der Waals surface area contributed by atoms with Crippen LogP contribution in [0.1, 0.15) is 30.5 Å². The van der Waals surface area contributed by atoms with Gasteiger partial charge >= 0.3 is 0 Å². The number of nitrogens with zero attached hydrogens (tertiary/aromatic N) is 4. The van der Waals surface area contributed by atoms with Gasteiger partial charge in [-0.3, -0.25) is 4.79 Å². The maximum atomic E-state index is 14.6. The van der Waals surface area contributed by atoms with Gasteiger partial charge in [-0.15, -0.1) is 0 Å². The number of benzene rings is 1. The van der Waals surface area contributed by atoms with Crippen LogP contribution in [0.15, 0.2) is 24.5 Å². The van der Waals surface area contributed by atoms with Crippen LogP contribution >= 0.6 is 0 Å². The quantitative estimate of drug-likeness (QED) is 0.385. The fourth-order valence-electron chi connectivity index (χ4n) is 4.40. The summed E-state index contributed by atoms with van der Waals surface area (Å²) in [6.07, 6.45) is 4.54. The molecular weight excluding hydrogens is 457 g/mol. The normalized spacial score (nSPS) is 21.8. The molecule has 1 amide bonds. The van der Waals surface area contributed by atoms with E-state index < -0.39 is 6.10 Å². The number of nitrogens with one attached hydrogen (secondary N) is 3. The number of aromatic nitrogens is 4. The number of methoxy groups -OCH3 is 1. The number of carbonyl (C=O) groups is 1. The van der Waals surface area contributed by atoms with Crippen molar-refractivity contribution in [2.24, 2.45) is 0 Å². The van der Waals surface area contributed by atoms with Gasteiger partial charge in [0.1, 0.15) is 11.3 Å². The molecule has 0 radical (unpaired) electrons. The summed E-state index contributed by atoms with van der Waals surface area (Å²) >= 11 is 0. The third-order valence-electron chi connectivity index (χ3n) is 6.27. The van der Waals surface area contributed by atoms with E-state index in [1.54, 1.807) is 12.3 Å². The lowest BCUT2D eigenvalue weighted by atomic mass is 9.88. The first kappa shape index (κ1) is 23.3. The largest absolute Gasteiger partial charge is 0.480 e. The summed E-state index contributed by atoms with van der Waals surface area (Å²) in [7, 11) is 1.49. The SMILES string of the molecule is COc1cnc2ccc(F)c(CN[C@@H]3CCC(NCc4cnc5c(n4)NC(=O)CO5)C[C@@H]3O)c2n1. The van der Waals surface area contributed by atoms with Crippen molar-refractivity contribution in [1.82, 2.24) is 30.6 Å². The molecule has 184 valence electrons. The van der Waals surface area contributed by atoms with Crippen LogP contribution in [0.2, 0.25) is 0 Å². The van der Waals surface area contributed by atoms with Crippen molar-refractivity contribution < 1.29 is 23.8 Å². The van der Waals surface area contributed by atoms with Gasteiger partial charge in [0.15, 0.2) is 12.4 Å². The molecule has 5 rings (SSSR count). The lowest BCUT2D eigenvalue weighted by Crippen LogP contribution is -2.48. The van der Waals surface area contributed by atoms with Gasteiger partial charge in [-0.1, -0.05) is 0 Å². The molecule has 35 heavy (non-hydrogen) atoms. The minimum absolute atomic E-state index is 0.0663.